The van der Waals surface area contributed by atoms with Crippen LogP contribution in [0.25, 0.3) is 0 Å². The van der Waals surface area contributed by atoms with Gasteiger partial charge in [0.25, 0.3) is 0 Å². The van der Waals surface area contributed by atoms with Gasteiger partial charge in [-0.1, -0.05) is 6.42 Å². The minimum Gasteiger partial charge on any atom is -0.397 e. The zero-order valence-corrected chi connectivity index (χ0v) is 11.7. The first-order valence-corrected chi connectivity index (χ1v) is 7.02. The molecule has 1 aliphatic rings. The van der Waals surface area contributed by atoms with Gasteiger partial charge in [-0.05, 0) is 47.2 Å². The summed E-state index contributed by atoms with van der Waals surface area (Å²) in [5.41, 5.74) is 6.91. The predicted octanol–water partition coefficient (Wildman–Crippen LogP) is 3.13. The summed E-state index contributed by atoms with van der Waals surface area (Å²) < 4.78 is 13.6. The highest BCUT2D eigenvalue weighted by Gasteiger charge is 2.20. The second-order valence-corrected chi connectivity index (χ2v) is 5.78. The van der Waals surface area contributed by atoms with Crippen LogP contribution >= 0.6 is 15.9 Å². The molecule has 0 bridgehead atoms. The van der Waals surface area contributed by atoms with Crippen molar-refractivity contribution in [3.63, 3.8) is 0 Å². The lowest BCUT2D eigenvalue weighted by atomic mass is 9.87. The largest absolute Gasteiger partial charge is 0.397 e. The molecule has 0 aromatic heterocycles. The van der Waals surface area contributed by atoms with Crippen LogP contribution in [0, 0.1) is 11.7 Å². The van der Waals surface area contributed by atoms with E-state index >= 15 is 0 Å². The van der Waals surface area contributed by atoms with E-state index in [-0.39, 0.29) is 11.9 Å². The number of rotatable bonds is 3. The molecule has 2 rings (SSSR count). The molecule has 1 aromatic carbocycles. The van der Waals surface area contributed by atoms with E-state index in [0.717, 1.165) is 37.9 Å². The van der Waals surface area contributed by atoms with Crippen molar-refractivity contribution >= 4 is 27.3 Å². The molecule has 2 atom stereocenters. The second kappa shape index (κ2) is 5.89. The first-order chi connectivity index (χ1) is 8.56. The number of aliphatic hydroxyl groups is 1. The fourth-order valence-corrected chi connectivity index (χ4v) is 2.76. The lowest BCUT2D eigenvalue weighted by Crippen LogP contribution is -2.25. The molecule has 100 valence electrons. The molecule has 0 radical (unpaired) electrons. The molecule has 0 aliphatic heterocycles. The highest BCUT2D eigenvalue weighted by atomic mass is 79.9. The fraction of sp³-hybridized carbons (Fsp3) is 0.538. The Morgan fingerprint density at radius 1 is 1.44 bits per heavy atom. The van der Waals surface area contributed by atoms with Crippen LogP contribution in [-0.2, 0) is 0 Å². The predicted molar refractivity (Wildman–Crippen MR) is 75.0 cm³/mol. The summed E-state index contributed by atoms with van der Waals surface area (Å²) in [6, 6.07) is 2.96. The summed E-state index contributed by atoms with van der Waals surface area (Å²) in [6.45, 7) is 0.763. The molecule has 1 fully saturated rings. The van der Waals surface area contributed by atoms with Crippen LogP contribution in [-0.4, -0.2) is 17.8 Å². The van der Waals surface area contributed by atoms with Crippen molar-refractivity contribution in [3.05, 3.63) is 22.4 Å². The third-order valence-corrected chi connectivity index (χ3v) is 4.04. The van der Waals surface area contributed by atoms with Crippen molar-refractivity contribution in [3.8, 4) is 0 Å². The molecular weight excluding hydrogens is 299 g/mol. The minimum absolute atomic E-state index is 0.178. The van der Waals surface area contributed by atoms with Crippen LogP contribution in [0.4, 0.5) is 15.8 Å². The fourth-order valence-electron chi connectivity index (χ4n) is 2.42. The van der Waals surface area contributed by atoms with Gasteiger partial charge in [-0.3, -0.25) is 0 Å². The Labute approximate surface area is 115 Å². The van der Waals surface area contributed by atoms with Crippen LogP contribution in [0.3, 0.4) is 0 Å². The molecule has 4 N–H and O–H groups in total. The lowest BCUT2D eigenvalue weighted by molar-refractivity contribution is 0.105. The molecule has 1 aromatic rings. The van der Waals surface area contributed by atoms with Gasteiger partial charge in [0.1, 0.15) is 5.82 Å². The molecule has 3 nitrogen and oxygen atoms in total. The van der Waals surface area contributed by atoms with Crippen molar-refractivity contribution in [2.24, 2.45) is 5.92 Å². The number of aliphatic hydroxyl groups excluding tert-OH is 1. The Morgan fingerprint density at radius 3 is 2.94 bits per heavy atom. The molecule has 1 aliphatic carbocycles. The SMILES string of the molecule is Nc1cc(F)c(Br)cc1NCC1CCCC(O)C1. The van der Waals surface area contributed by atoms with Gasteiger partial charge >= 0.3 is 0 Å². The normalized spacial score (nSPS) is 23.9. The lowest BCUT2D eigenvalue weighted by Gasteiger charge is -2.26. The summed E-state index contributed by atoms with van der Waals surface area (Å²) >= 11 is 3.15. The molecule has 5 heteroatoms. The van der Waals surface area contributed by atoms with Crippen LogP contribution in [0.1, 0.15) is 25.7 Å². The molecular formula is C13H18BrFN2O. The van der Waals surface area contributed by atoms with Gasteiger partial charge in [-0.2, -0.15) is 0 Å². The average Bonchev–Trinajstić information content (AvgIpc) is 2.32. The number of nitrogens with one attached hydrogen (secondary N) is 1. The molecule has 0 saturated heterocycles. The number of nitrogens with two attached hydrogens (primary N) is 1. The van der Waals surface area contributed by atoms with Crippen LogP contribution in [0.15, 0.2) is 16.6 Å². The van der Waals surface area contributed by atoms with Crippen molar-refractivity contribution < 1.29 is 9.50 Å². The third kappa shape index (κ3) is 3.36. The minimum atomic E-state index is -0.355. The van der Waals surface area contributed by atoms with Crippen LogP contribution in [0.2, 0.25) is 0 Å². The topological polar surface area (TPSA) is 58.3 Å². The number of benzene rings is 1. The van der Waals surface area contributed by atoms with Gasteiger partial charge in [-0.25, -0.2) is 4.39 Å². The van der Waals surface area contributed by atoms with Gasteiger partial charge in [-0.15, -0.1) is 0 Å². The van der Waals surface area contributed by atoms with E-state index < -0.39 is 0 Å². The number of hydrogen-bond acceptors (Lipinski definition) is 3. The Hall–Kier alpha value is -0.810. The van der Waals surface area contributed by atoms with Gasteiger partial charge in [0.05, 0.1) is 22.0 Å². The highest BCUT2D eigenvalue weighted by molar-refractivity contribution is 9.10. The van der Waals surface area contributed by atoms with Crippen molar-refractivity contribution in [1.82, 2.24) is 0 Å². The molecule has 0 spiro atoms. The maximum Gasteiger partial charge on any atom is 0.139 e. The quantitative estimate of drug-likeness (QED) is 0.751. The van der Waals surface area contributed by atoms with Crippen LogP contribution < -0.4 is 11.1 Å². The summed E-state index contributed by atoms with van der Waals surface area (Å²) in [7, 11) is 0. The number of hydrogen-bond donors (Lipinski definition) is 3. The Kier molecular flexibility index (Phi) is 4.45. The smallest absolute Gasteiger partial charge is 0.139 e. The molecule has 1 saturated carbocycles. The third-order valence-electron chi connectivity index (χ3n) is 3.43. The number of anilines is 2. The summed E-state index contributed by atoms with van der Waals surface area (Å²) in [6.07, 6.45) is 3.74. The maximum absolute atomic E-state index is 13.2. The molecule has 18 heavy (non-hydrogen) atoms. The second-order valence-electron chi connectivity index (χ2n) is 4.92. The van der Waals surface area contributed by atoms with Gasteiger partial charge in [0.15, 0.2) is 0 Å². The van der Waals surface area contributed by atoms with E-state index in [9.17, 15) is 9.50 Å². The Bertz CT molecular complexity index is 428. The first kappa shape index (κ1) is 13.6. The van der Waals surface area contributed by atoms with Gasteiger partial charge < -0.3 is 16.2 Å². The summed E-state index contributed by atoms with van der Waals surface area (Å²) in [5.74, 6) is 0.100. The number of halogens is 2. The highest BCUT2D eigenvalue weighted by Crippen LogP contribution is 2.29. The number of nitrogen functional groups attached to an aromatic ring is 1. The first-order valence-electron chi connectivity index (χ1n) is 6.22. The van der Waals surface area contributed by atoms with Crippen molar-refractivity contribution in [2.75, 3.05) is 17.6 Å². The Morgan fingerprint density at radius 2 is 2.22 bits per heavy atom. The summed E-state index contributed by atoms with van der Waals surface area (Å²) in [4.78, 5) is 0. The maximum atomic E-state index is 13.2. The van der Waals surface area contributed by atoms with Crippen LogP contribution in [0.5, 0.6) is 0 Å². The van der Waals surface area contributed by atoms with E-state index in [0.29, 0.717) is 16.1 Å². The zero-order chi connectivity index (χ0) is 13.1. The van der Waals surface area contributed by atoms with Gasteiger partial charge in [0, 0.05) is 12.6 Å². The molecule has 0 heterocycles. The Balaban J connectivity index is 1.95. The van der Waals surface area contributed by atoms with E-state index in [1.54, 1.807) is 6.07 Å². The standard InChI is InChI=1S/C13H18BrFN2O/c14-10-5-13(12(16)6-11(10)15)17-7-8-2-1-3-9(18)4-8/h5-6,8-9,17-18H,1-4,7,16H2. The zero-order valence-electron chi connectivity index (χ0n) is 10.1. The van der Waals surface area contributed by atoms with Crippen molar-refractivity contribution in [2.45, 2.75) is 31.8 Å². The molecule has 2 unspecified atom stereocenters. The molecule has 0 amide bonds. The van der Waals surface area contributed by atoms with E-state index in [1.165, 1.54) is 6.07 Å². The van der Waals surface area contributed by atoms with Crippen molar-refractivity contribution in [1.29, 1.82) is 0 Å². The monoisotopic (exact) mass is 316 g/mol. The van der Waals surface area contributed by atoms with E-state index in [2.05, 4.69) is 21.2 Å². The van der Waals surface area contributed by atoms with E-state index in [1.807, 2.05) is 0 Å². The summed E-state index contributed by atoms with van der Waals surface area (Å²) in [5, 5.41) is 12.8. The van der Waals surface area contributed by atoms with E-state index in [4.69, 9.17) is 5.73 Å². The van der Waals surface area contributed by atoms with Gasteiger partial charge in [0.2, 0.25) is 0 Å². The average molecular weight is 317 g/mol.